The molecule has 0 fully saturated rings. The second-order valence-electron chi connectivity index (χ2n) is 15.4. The molecule has 0 aliphatic rings. The Morgan fingerprint density at radius 2 is 1.45 bits per heavy atom. The molecule has 3 aromatic rings. The Labute approximate surface area is 360 Å². The summed E-state index contributed by atoms with van der Waals surface area (Å²) in [6.07, 6.45) is 12.9. The number of benzene rings is 2. The van der Waals surface area contributed by atoms with Crippen molar-refractivity contribution < 1.29 is 33.3 Å². The summed E-state index contributed by atoms with van der Waals surface area (Å²) in [5, 5.41) is 6.63. The van der Waals surface area contributed by atoms with E-state index < -0.39 is 0 Å². The van der Waals surface area contributed by atoms with Crippen LogP contribution in [0.15, 0.2) is 79.4 Å². The summed E-state index contributed by atoms with van der Waals surface area (Å²) in [7, 11) is 3.51. The molecule has 2 N–H and O–H groups in total. The van der Waals surface area contributed by atoms with E-state index in [0.717, 1.165) is 92.8 Å². The molecule has 0 saturated carbocycles. The maximum atomic E-state index is 13.3. The van der Waals surface area contributed by atoms with Crippen LogP contribution in [0.5, 0.6) is 5.75 Å². The number of likely N-dealkylation sites (N-methyl/N-ethyl adjacent to an activating group) is 1. The van der Waals surface area contributed by atoms with Gasteiger partial charge < -0.3 is 39.2 Å². The van der Waals surface area contributed by atoms with Gasteiger partial charge in [-0.2, -0.15) is 0 Å². The molecule has 0 aliphatic heterocycles. The summed E-state index contributed by atoms with van der Waals surface area (Å²) < 4.78 is 27.4. The maximum absolute atomic E-state index is 13.3. The standard InChI is InChI=1S/C48H73N5O7/c1-8-37(3)44(9-2)47(45-25-26-49-36-51-45)53(6)38(4)35-50-42-19-17-18-41(34-42)48(55)52-39(5)40-21-23-43(24-22-40)60-29-16-11-10-14-27-57-30-32-59-33-31-58-28-15-12-13-20-46(54)56-7/h17-19,21-26,34,36-37,39,44,47,50H,4,8-16,20,27-33,35H2,1-3,5-7H3,(H,52,55)/t37-,39-,44?,47?/m1/s1. The van der Waals surface area contributed by atoms with Gasteiger partial charge in [0.15, 0.2) is 0 Å². The first-order valence-electron chi connectivity index (χ1n) is 22.0. The summed E-state index contributed by atoms with van der Waals surface area (Å²) in [4.78, 5) is 35.4. The third-order valence-corrected chi connectivity index (χ3v) is 11.0. The minimum Gasteiger partial charge on any atom is -0.494 e. The highest BCUT2D eigenvalue weighted by molar-refractivity contribution is 5.95. The molecule has 1 heterocycles. The molecule has 1 amide bonds. The van der Waals surface area contributed by atoms with Gasteiger partial charge in [-0.15, -0.1) is 0 Å². The normalized spacial score (nSPS) is 13.2. The van der Waals surface area contributed by atoms with E-state index in [0.29, 0.717) is 70.0 Å². The fourth-order valence-electron chi connectivity index (χ4n) is 7.08. The van der Waals surface area contributed by atoms with Crippen LogP contribution in [-0.4, -0.2) is 93.7 Å². The number of hydrogen-bond acceptors (Lipinski definition) is 11. The summed E-state index contributed by atoms with van der Waals surface area (Å²) in [5.74, 6) is 1.45. The minimum absolute atomic E-state index is 0.0772. The number of aromatic nitrogens is 2. The molecule has 332 valence electrons. The van der Waals surface area contributed by atoms with Crippen LogP contribution in [0, 0.1) is 11.8 Å². The van der Waals surface area contributed by atoms with Crippen LogP contribution in [0.3, 0.4) is 0 Å². The van der Waals surface area contributed by atoms with Gasteiger partial charge in [-0.3, -0.25) is 9.59 Å². The second kappa shape index (κ2) is 29.7. The SMILES string of the molecule is C=C(CNc1cccc(C(=O)N[C@H](C)c2ccc(OCCCCCCOCCOCCOCCCCCC(=O)OC)cc2)c1)N(C)C(c1ccncn1)C(CC)[C@H](C)CC. The number of methoxy groups -OCH3 is 1. The van der Waals surface area contributed by atoms with Gasteiger partial charge in [-0.25, -0.2) is 9.97 Å². The Bertz CT molecular complexity index is 1630. The molecule has 2 aromatic carbocycles. The number of nitrogens with one attached hydrogen (secondary N) is 2. The highest BCUT2D eigenvalue weighted by Crippen LogP contribution is 2.37. The van der Waals surface area contributed by atoms with Crippen molar-refractivity contribution in [3.05, 3.63) is 96.2 Å². The Morgan fingerprint density at radius 1 is 0.800 bits per heavy atom. The van der Waals surface area contributed by atoms with Gasteiger partial charge in [0.2, 0.25) is 0 Å². The molecule has 12 nitrogen and oxygen atoms in total. The highest BCUT2D eigenvalue weighted by atomic mass is 16.5. The van der Waals surface area contributed by atoms with Crippen molar-refractivity contribution in [1.82, 2.24) is 20.2 Å². The lowest BCUT2D eigenvalue weighted by Gasteiger charge is -2.39. The number of carbonyl (C=O) groups excluding carboxylic acids is 2. The molecule has 0 aliphatic carbocycles. The molecule has 0 bridgehead atoms. The van der Waals surface area contributed by atoms with Crippen LogP contribution in [0.4, 0.5) is 5.69 Å². The Hall–Kier alpha value is -4.52. The lowest BCUT2D eigenvalue weighted by Crippen LogP contribution is -2.35. The van der Waals surface area contributed by atoms with Crippen LogP contribution in [-0.2, 0) is 23.7 Å². The first-order chi connectivity index (χ1) is 29.2. The van der Waals surface area contributed by atoms with Crippen molar-refractivity contribution in [2.24, 2.45) is 11.8 Å². The van der Waals surface area contributed by atoms with E-state index in [1.54, 1.807) is 12.5 Å². The van der Waals surface area contributed by atoms with Crippen molar-refractivity contribution in [1.29, 1.82) is 0 Å². The highest BCUT2D eigenvalue weighted by Gasteiger charge is 2.31. The van der Waals surface area contributed by atoms with Crippen molar-refractivity contribution >= 4 is 17.6 Å². The molecular formula is C48H73N5O7. The monoisotopic (exact) mass is 832 g/mol. The average Bonchev–Trinajstić information content (AvgIpc) is 3.27. The zero-order chi connectivity index (χ0) is 43.4. The van der Waals surface area contributed by atoms with E-state index in [4.69, 9.17) is 18.9 Å². The van der Waals surface area contributed by atoms with Crippen LogP contribution < -0.4 is 15.4 Å². The van der Waals surface area contributed by atoms with Crippen LogP contribution in [0.25, 0.3) is 0 Å². The van der Waals surface area contributed by atoms with E-state index in [9.17, 15) is 9.59 Å². The van der Waals surface area contributed by atoms with E-state index in [-0.39, 0.29) is 24.0 Å². The third kappa shape index (κ3) is 18.8. The van der Waals surface area contributed by atoms with Gasteiger partial charge in [0.25, 0.3) is 5.91 Å². The lowest BCUT2D eigenvalue weighted by molar-refractivity contribution is -0.140. The summed E-state index contributed by atoms with van der Waals surface area (Å²) in [6.45, 7) is 18.1. The number of rotatable bonds is 33. The number of ether oxygens (including phenoxy) is 5. The first-order valence-corrected chi connectivity index (χ1v) is 22.0. The second-order valence-corrected chi connectivity index (χ2v) is 15.4. The number of hydrogen-bond donors (Lipinski definition) is 2. The molecule has 0 saturated heterocycles. The average molecular weight is 832 g/mol. The predicted molar refractivity (Wildman–Crippen MR) is 239 cm³/mol. The fourth-order valence-corrected chi connectivity index (χ4v) is 7.08. The molecule has 60 heavy (non-hydrogen) atoms. The van der Waals surface area contributed by atoms with Gasteiger partial charge in [-0.1, -0.05) is 71.2 Å². The molecular weight excluding hydrogens is 759 g/mol. The number of nitrogens with zero attached hydrogens (tertiary/aromatic N) is 3. The molecule has 3 rings (SSSR count). The van der Waals surface area contributed by atoms with Crippen molar-refractivity contribution in [3.8, 4) is 5.75 Å². The molecule has 12 heteroatoms. The third-order valence-electron chi connectivity index (χ3n) is 11.0. The van der Waals surface area contributed by atoms with E-state index in [1.165, 1.54) is 7.11 Å². The van der Waals surface area contributed by atoms with Crippen LogP contribution in [0.2, 0.25) is 0 Å². The van der Waals surface area contributed by atoms with Crippen molar-refractivity contribution in [2.45, 2.75) is 104 Å². The zero-order valence-corrected chi connectivity index (χ0v) is 37.3. The van der Waals surface area contributed by atoms with Crippen LogP contribution >= 0.6 is 0 Å². The van der Waals surface area contributed by atoms with E-state index in [1.807, 2.05) is 61.5 Å². The Balaban J connectivity index is 1.28. The number of anilines is 1. The van der Waals surface area contributed by atoms with Gasteiger partial charge in [0, 0.05) is 49.8 Å². The van der Waals surface area contributed by atoms with Crippen molar-refractivity contribution in [2.75, 3.05) is 72.3 Å². The molecule has 1 aromatic heterocycles. The Kier molecular flexibility index (Phi) is 24.6. The topological polar surface area (TPSA) is 133 Å². The van der Waals surface area contributed by atoms with Gasteiger partial charge in [-0.05, 0) is 92.8 Å². The summed E-state index contributed by atoms with van der Waals surface area (Å²) in [5.41, 5.74) is 4.38. The predicted octanol–water partition coefficient (Wildman–Crippen LogP) is 9.36. The number of carbonyl (C=O) groups is 2. The van der Waals surface area contributed by atoms with E-state index >= 15 is 0 Å². The molecule has 4 atom stereocenters. The summed E-state index contributed by atoms with van der Waals surface area (Å²) >= 11 is 0. The van der Waals surface area contributed by atoms with Crippen molar-refractivity contribution in [3.63, 3.8) is 0 Å². The van der Waals surface area contributed by atoms with Gasteiger partial charge in [0.1, 0.15) is 12.1 Å². The quantitative estimate of drug-likeness (QED) is 0.0449. The maximum Gasteiger partial charge on any atom is 0.305 e. The van der Waals surface area contributed by atoms with Crippen LogP contribution in [0.1, 0.15) is 126 Å². The van der Waals surface area contributed by atoms with Gasteiger partial charge in [0.05, 0.1) is 64.5 Å². The van der Waals surface area contributed by atoms with E-state index in [2.05, 4.69) is 64.6 Å². The minimum atomic E-state index is -0.178. The molecule has 2 unspecified atom stereocenters. The zero-order valence-electron chi connectivity index (χ0n) is 37.3. The first kappa shape index (κ1) is 49.8. The number of unbranched alkanes of at least 4 members (excludes halogenated alkanes) is 5. The summed E-state index contributed by atoms with van der Waals surface area (Å²) in [6, 6.07) is 17.4. The number of amides is 1. The molecule has 0 spiro atoms. The Morgan fingerprint density at radius 3 is 2.07 bits per heavy atom. The fraction of sp³-hybridized carbons (Fsp3) is 0.583. The largest absolute Gasteiger partial charge is 0.494 e. The smallest absolute Gasteiger partial charge is 0.305 e. The van der Waals surface area contributed by atoms with Gasteiger partial charge >= 0.3 is 5.97 Å². The molecule has 0 radical (unpaired) electrons. The number of esters is 1. The lowest BCUT2D eigenvalue weighted by atomic mass is 9.81.